The molecule has 0 aliphatic carbocycles. The van der Waals surface area contributed by atoms with E-state index < -0.39 is 23.0 Å². The maximum Gasteiger partial charge on any atom is 0.433 e. The number of Topliss-reactive ketones (excluding diaryl/α,β-unsaturated/α-hetero) is 1. The highest BCUT2D eigenvalue weighted by Crippen LogP contribution is 2.29. The first-order valence-electron chi connectivity index (χ1n) is 7.15. The van der Waals surface area contributed by atoms with E-state index in [9.17, 15) is 22.8 Å². The summed E-state index contributed by atoms with van der Waals surface area (Å²) in [6.45, 7) is 2.93. The van der Waals surface area contributed by atoms with Gasteiger partial charge in [0.1, 0.15) is 5.69 Å². The quantitative estimate of drug-likeness (QED) is 0.493. The highest BCUT2D eigenvalue weighted by Gasteiger charge is 2.33. The number of carbonyl (C=O) groups excluding carboxylic acids is 2. The summed E-state index contributed by atoms with van der Waals surface area (Å²) in [5, 5.41) is 1.74. The predicted molar refractivity (Wildman–Crippen MR) is 87.4 cm³/mol. The van der Waals surface area contributed by atoms with Gasteiger partial charge in [0, 0.05) is 17.4 Å². The van der Waals surface area contributed by atoms with Crippen molar-refractivity contribution in [2.24, 2.45) is 0 Å². The second-order valence-electron chi connectivity index (χ2n) is 5.11. The van der Waals surface area contributed by atoms with Crippen molar-refractivity contribution in [1.29, 1.82) is 0 Å². The van der Waals surface area contributed by atoms with Gasteiger partial charge in [-0.05, 0) is 32.0 Å². The molecule has 2 aromatic rings. The van der Waals surface area contributed by atoms with Crippen molar-refractivity contribution >= 4 is 29.1 Å². The van der Waals surface area contributed by atoms with E-state index in [1.54, 1.807) is 18.2 Å². The van der Waals surface area contributed by atoms with E-state index in [1.807, 2.05) is 0 Å². The monoisotopic (exact) mass is 369 g/mol. The lowest BCUT2D eigenvalue weighted by molar-refractivity contribution is -0.141. The molecular formula is C16H14F3N3O2S. The first-order valence-corrected chi connectivity index (χ1v) is 8.03. The molecule has 9 heteroatoms. The molecule has 1 atom stereocenters. The molecule has 5 nitrogen and oxygen atoms in total. The van der Waals surface area contributed by atoms with Crippen LogP contribution in [-0.4, -0.2) is 26.9 Å². The molecule has 0 saturated heterocycles. The number of halogens is 3. The van der Waals surface area contributed by atoms with Gasteiger partial charge < -0.3 is 5.32 Å². The number of nitrogens with zero attached hydrogens (tertiary/aromatic N) is 2. The van der Waals surface area contributed by atoms with E-state index in [4.69, 9.17) is 0 Å². The molecule has 0 saturated carbocycles. The van der Waals surface area contributed by atoms with Crippen molar-refractivity contribution in [3.05, 3.63) is 47.8 Å². The van der Waals surface area contributed by atoms with Gasteiger partial charge in [0.05, 0.1) is 5.25 Å². The molecule has 0 aliphatic rings. The number of carbonyl (C=O) groups is 2. The fraction of sp³-hybridized carbons (Fsp3) is 0.250. The second-order valence-corrected chi connectivity index (χ2v) is 6.42. The van der Waals surface area contributed by atoms with E-state index in [2.05, 4.69) is 15.3 Å². The third kappa shape index (κ3) is 5.28. The van der Waals surface area contributed by atoms with Gasteiger partial charge in [-0.1, -0.05) is 23.9 Å². The first kappa shape index (κ1) is 18.9. The smallest absolute Gasteiger partial charge is 0.325 e. The largest absolute Gasteiger partial charge is 0.433 e. The number of amides is 1. The lowest BCUT2D eigenvalue weighted by atomic mass is 10.1. The fourth-order valence-corrected chi connectivity index (χ4v) is 2.58. The molecule has 1 aromatic heterocycles. The molecule has 1 N–H and O–H groups in total. The van der Waals surface area contributed by atoms with E-state index in [1.165, 1.54) is 19.9 Å². The maximum absolute atomic E-state index is 12.6. The van der Waals surface area contributed by atoms with Crippen LogP contribution in [0.3, 0.4) is 0 Å². The topological polar surface area (TPSA) is 72.0 Å². The minimum atomic E-state index is -4.57. The van der Waals surface area contributed by atoms with Crippen LogP contribution in [0.1, 0.15) is 29.9 Å². The van der Waals surface area contributed by atoms with E-state index in [0.717, 1.165) is 24.0 Å². The van der Waals surface area contributed by atoms with Gasteiger partial charge in [0.25, 0.3) is 0 Å². The molecule has 0 aliphatic heterocycles. The van der Waals surface area contributed by atoms with Crippen LogP contribution in [0.4, 0.5) is 18.9 Å². The lowest BCUT2D eigenvalue weighted by Gasteiger charge is -2.12. The highest BCUT2D eigenvalue weighted by molar-refractivity contribution is 8.00. The average molecular weight is 369 g/mol. The van der Waals surface area contributed by atoms with Crippen molar-refractivity contribution in [1.82, 2.24) is 9.97 Å². The second kappa shape index (κ2) is 7.64. The maximum atomic E-state index is 12.6. The molecule has 132 valence electrons. The molecule has 0 bridgehead atoms. The Kier molecular flexibility index (Phi) is 5.78. The number of ketones is 1. The number of benzene rings is 1. The normalized spacial score (nSPS) is 12.5. The summed E-state index contributed by atoms with van der Waals surface area (Å²) in [5.41, 5.74) is -0.193. The number of aromatic nitrogens is 2. The Morgan fingerprint density at radius 2 is 1.96 bits per heavy atom. The van der Waals surface area contributed by atoms with Crippen LogP contribution in [0.2, 0.25) is 0 Å². The van der Waals surface area contributed by atoms with E-state index in [-0.39, 0.29) is 10.9 Å². The Bertz CT molecular complexity index is 796. The average Bonchev–Trinajstić information content (AvgIpc) is 2.54. The Labute approximate surface area is 146 Å². The summed E-state index contributed by atoms with van der Waals surface area (Å²) >= 11 is 0.810. The number of hydrogen-bond acceptors (Lipinski definition) is 5. The lowest BCUT2D eigenvalue weighted by Crippen LogP contribution is -2.23. The Morgan fingerprint density at radius 3 is 2.60 bits per heavy atom. The van der Waals surface area contributed by atoms with Crippen LogP contribution in [0.5, 0.6) is 0 Å². The molecule has 0 spiro atoms. The van der Waals surface area contributed by atoms with Crippen LogP contribution < -0.4 is 5.32 Å². The summed E-state index contributed by atoms with van der Waals surface area (Å²) in [4.78, 5) is 30.7. The zero-order chi connectivity index (χ0) is 18.6. The standard InChI is InChI=1S/C16H14F3N3O2S/c1-9(23)11-4-3-5-12(8-11)21-14(24)10(2)25-15-20-7-6-13(22-15)16(17,18)19/h3-8,10H,1-2H3,(H,21,24). The minimum absolute atomic E-state index is 0.143. The van der Waals surface area contributed by atoms with Crippen molar-refractivity contribution in [3.63, 3.8) is 0 Å². The number of rotatable bonds is 5. The molecule has 1 aromatic carbocycles. The van der Waals surface area contributed by atoms with Gasteiger partial charge in [-0.15, -0.1) is 0 Å². The van der Waals surface area contributed by atoms with Crippen LogP contribution in [-0.2, 0) is 11.0 Å². The van der Waals surface area contributed by atoms with Crippen LogP contribution >= 0.6 is 11.8 Å². The van der Waals surface area contributed by atoms with Crippen LogP contribution in [0.25, 0.3) is 0 Å². The molecule has 2 rings (SSSR count). The van der Waals surface area contributed by atoms with Gasteiger partial charge in [0.15, 0.2) is 10.9 Å². The third-order valence-electron chi connectivity index (χ3n) is 3.11. The van der Waals surface area contributed by atoms with E-state index in [0.29, 0.717) is 11.3 Å². The summed E-state index contributed by atoms with van der Waals surface area (Å²) in [7, 11) is 0. The van der Waals surface area contributed by atoms with Crippen molar-refractivity contribution in [3.8, 4) is 0 Å². The third-order valence-corrected chi connectivity index (χ3v) is 4.09. The Balaban J connectivity index is 2.06. The first-order chi connectivity index (χ1) is 11.7. The molecule has 25 heavy (non-hydrogen) atoms. The van der Waals surface area contributed by atoms with Gasteiger partial charge in [-0.2, -0.15) is 13.2 Å². The molecular weight excluding hydrogens is 355 g/mol. The van der Waals surface area contributed by atoms with Crippen molar-refractivity contribution in [2.45, 2.75) is 30.4 Å². The minimum Gasteiger partial charge on any atom is -0.325 e. The van der Waals surface area contributed by atoms with Gasteiger partial charge in [0.2, 0.25) is 5.91 Å². The fourth-order valence-electron chi connectivity index (χ4n) is 1.83. The summed E-state index contributed by atoms with van der Waals surface area (Å²) in [6.07, 6.45) is -3.57. The Hall–Kier alpha value is -2.42. The SMILES string of the molecule is CC(=O)c1cccc(NC(=O)C(C)Sc2nccc(C(F)(F)F)n2)c1. The van der Waals surface area contributed by atoms with Crippen LogP contribution in [0.15, 0.2) is 41.7 Å². The molecule has 1 unspecified atom stereocenters. The summed E-state index contributed by atoms with van der Waals surface area (Å²) < 4.78 is 37.9. The Morgan fingerprint density at radius 1 is 1.24 bits per heavy atom. The zero-order valence-corrected chi connectivity index (χ0v) is 14.1. The number of anilines is 1. The van der Waals surface area contributed by atoms with Crippen molar-refractivity contribution < 1.29 is 22.8 Å². The van der Waals surface area contributed by atoms with Crippen LogP contribution in [0, 0.1) is 0 Å². The number of alkyl halides is 3. The number of nitrogens with one attached hydrogen (secondary N) is 1. The highest BCUT2D eigenvalue weighted by atomic mass is 32.2. The van der Waals surface area contributed by atoms with Crippen molar-refractivity contribution in [2.75, 3.05) is 5.32 Å². The summed E-state index contributed by atoms with van der Waals surface area (Å²) in [5.74, 6) is -0.581. The molecule has 0 radical (unpaired) electrons. The van der Waals surface area contributed by atoms with E-state index >= 15 is 0 Å². The van der Waals surface area contributed by atoms with Gasteiger partial charge >= 0.3 is 6.18 Å². The zero-order valence-electron chi connectivity index (χ0n) is 13.3. The predicted octanol–water partition coefficient (Wildman–Crippen LogP) is 3.82. The summed E-state index contributed by atoms with van der Waals surface area (Å²) in [6, 6.07) is 7.15. The number of thioether (sulfide) groups is 1. The number of hydrogen-bond donors (Lipinski definition) is 1. The van der Waals surface area contributed by atoms with Gasteiger partial charge in [-0.3, -0.25) is 9.59 Å². The molecule has 0 fully saturated rings. The molecule has 1 heterocycles. The van der Waals surface area contributed by atoms with Gasteiger partial charge in [-0.25, -0.2) is 9.97 Å². The molecule has 1 amide bonds.